The van der Waals surface area contributed by atoms with Crippen LogP contribution in [0.3, 0.4) is 0 Å². The number of nitrogens with one attached hydrogen (secondary N) is 2. The van der Waals surface area contributed by atoms with E-state index in [4.69, 9.17) is 22.1 Å². The van der Waals surface area contributed by atoms with E-state index in [-0.39, 0.29) is 12.4 Å². The Balaban J connectivity index is 2.06. The van der Waals surface area contributed by atoms with Crippen LogP contribution in [0.2, 0.25) is 5.02 Å². The fourth-order valence-corrected chi connectivity index (χ4v) is 5.39. The molecule has 30 heavy (non-hydrogen) atoms. The van der Waals surface area contributed by atoms with E-state index in [0.717, 1.165) is 4.70 Å². The normalized spacial score (nSPS) is 17.9. The lowest BCUT2D eigenvalue weighted by Gasteiger charge is -2.30. The zero-order valence-corrected chi connectivity index (χ0v) is 17.8. The summed E-state index contributed by atoms with van der Waals surface area (Å²) >= 11 is 7.82. The molecule has 1 aromatic carbocycles. The lowest BCUT2D eigenvalue weighted by molar-refractivity contribution is -0.327. The monoisotopic (exact) mass is 441 g/mol. The Morgan fingerprint density at radius 1 is 1.43 bits per heavy atom. The minimum absolute atomic E-state index is 0.152. The lowest BCUT2D eigenvalue weighted by Crippen LogP contribution is -2.40. The van der Waals surface area contributed by atoms with Crippen molar-refractivity contribution in [2.45, 2.75) is 19.8 Å². The second-order valence-corrected chi connectivity index (χ2v) is 8.35. The number of hydrogen-bond acceptors (Lipinski definition) is 6. The third-order valence-electron chi connectivity index (χ3n) is 5.25. The summed E-state index contributed by atoms with van der Waals surface area (Å²) in [7, 11) is 0. The van der Waals surface area contributed by atoms with E-state index in [2.05, 4.69) is 16.4 Å². The van der Waals surface area contributed by atoms with Crippen molar-refractivity contribution in [3.05, 3.63) is 51.5 Å². The summed E-state index contributed by atoms with van der Waals surface area (Å²) in [4.78, 5) is 28.9. The van der Waals surface area contributed by atoms with Gasteiger partial charge in [-0.05, 0) is 31.0 Å². The summed E-state index contributed by atoms with van der Waals surface area (Å²) < 4.78 is 6.00. The Kier molecular flexibility index (Phi) is 5.10. The van der Waals surface area contributed by atoms with E-state index < -0.39 is 23.7 Å². The van der Waals surface area contributed by atoms with Gasteiger partial charge in [0.15, 0.2) is 0 Å². The van der Waals surface area contributed by atoms with Crippen LogP contribution < -0.4 is 16.0 Å². The maximum absolute atomic E-state index is 13.0. The number of anilines is 2. The smallest absolute Gasteiger partial charge is 0.319 e. The van der Waals surface area contributed by atoms with E-state index in [1.54, 1.807) is 31.2 Å². The lowest BCUT2D eigenvalue weighted by atomic mass is 9.78. The van der Waals surface area contributed by atoms with Gasteiger partial charge in [-0.2, -0.15) is 5.26 Å². The van der Waals surface area contributed by atoms with Crippen molar-refractivity contribution < 1.29 is 19.3 Å². The first-order valence-corrected chi connectivity index (χ1v) is 10.5. The molecular weight excluding hydrogens is 424 g/mol. The number of pyridine rings is 1. The summed E-state index contributed by atoms with van der Waals surface area (Å²) in [6.45, 7) is 3.65. The fourth-order valence-electron chi connectivity index (χ4n) is 3.92. The van der Waals surface area contributed by atoms with Gasteiger partial charge in [0.1, 0.15) is 28.1 Å². The number of benzene rings is 1. The highest BCUT2D eigenvalue weighted by molar-refractivity contribution is 7.23. The van der Waals surface area contributed by atoms with Crippen LogP contribution in [0.4, 0.5) is 10.8 Å². The number of nitrogens with two attached hydrogens (primary N) is 1. The number of H-pyrrole nitrogens is 1. The number of ether oxygens (including phenoxy) is 1. The van der Waals surface area contributed by atoms with Gasteiger partial charge in [-0.25, -0.2) is 4.98 Å². The average Bonchev–Trinajstić information content (AvgIpc) is 3.06. The third-order valence-corrected chi connectivity index (χ3v) is 6.83. The van der Waals surface area contributed by atoms with Gasteiger partial charge in [-0.15, -0.1) is 11.3 Å². The number of nitrogens with zero attached hydrogens (tertiary/aromatic N) is 1. The molecule has 4 rings (SSSR count). The number of aryl methyl sites for hydroxylation is 1. The molecule has 9 heteroatoms. The van der Waals surface area contributed by atoms with Gasteiger partial charge in [-0.3, -0.25) is 15.3 Å². The molecule has 2 aromatic heterocycles. The summed E-state index contributed by atoms with van der Waals surface area (Å²) in [5.74, 6) is -2.63. The third kappa shape index (κ3) is 2.98. The number of nitriles is 1. The minimum atomic E-state index is -1.11. The molecule has 0 radical (unpaired) electrons. The molecule has 0 unspecified atom stereocenters. The quantitative estimate of drug-likeness (QED) is 0.476. The number of aromatic nitrogens is 1. The van der Waals surface area contributed by atoms with Gasteiger partial charge in [0, 0.05) is 16.5 Å². The first-order valence-electron chi connectivity index (χ1n) is 9.28. The van der Waals surface area contributed by atoms with Gasteiger partial charge in [-0.1, -0.05) is 29.8 Å². The topological polar surface area (TPSA) is 119 Å². The van der Waals surface area contributed by atoms with Gasteiger partial charge in [0.25, 0.3) is 5.82 Å². The molecule has 3 aromatic rings. The number of halogens is 1. The molecule has 1 aliphatic heterocycles. The van der Waals surface area contributed by atoms with Crippen LogP contribution >= 0.6 is 22.9 Å². The van der Waals surface area contributed by atoms with Crippen molar-refractivity contribution in [2.75, 3.05) is 17.7 Å². The molecule has 1 amide bonds. The molecule has 1 aliphatic rings. The number of fused-ring (bicyclic) bond motifs is 3. The maximum atomic E-state index is 13.0. The number of thiophene rings is 1. The predicted octanol–water partition coefficient (Wildman–Crippen LogP) is 3.39. The molecule has 0 fully saturated rings. The number of carbonyl (C=O) groups excluding carboxylic acids is 2. The maximum Gasteiger partial charge on any atom is 0.319 e. The van der Waals surface area contributed by atoms with Gasteiger partial charge >= 0.3 is 5.97 Å². The van der Waals surface area contributed by atoms with E-state index >= 15 is 0 Å². The summed E-state index contributed by atoms with van der Waals surface area (Å²) in [6, 6.07) is 9.22. The van der Waals surface area contributed by atoms with Crippen LogP contribution in [-0.2, 0) is 14.3 Å². The Morgan fingerprint density at radius 2 is 2.17 bits per heavy atom. The van der Waals surface area contributed by atoms with Crippen molar-refractivity contribution in [3.8, 4) is 6.07 Å². The molecule has 152 valence electrons. The van der Waals surface area contributed by atoms with E-state index in [1.165, 1.54) is 11.3 Å². The number of hydrogen-bond donors (Lipinski definition) is 2. The summed E-state index contributed by atoms with van der Waals surface area (Å²) in [5, 5.41) is 13.3. The van der Waals surface area contributed by atoms with Crippen LogP contribution in [0.25, 0.3) is 10.2 Å². The van der Waals surface area contributed by atoms with Crippen molar-refractivity contribution in [2.24, 2.45) is 5.92 Å². The Hall–Kier alpha value is -3.15. The number of rotatable bonds is 3. The number of aromatic amines is 1. The second-order valence-electron chi connectivity index (χ2n) is 6.92. The van der Waals surface area contributed by atoms with Crippen molar-refractivity contribution in [1.82, 2.24) is 0 Å². The first kappa shape index (κ1) is 20.1. The molecule has 0 bridgehead atoms. The second kappa shape index (κ2) is 7.59. The largest absolute Gasteiger partial charge is 0.465 e. The van der Waals surface area contributed by atoms with Gasteiger partial charge in [0.05, 0.1) is 11.3 Å². The zero-order valence-electron chi connectivity index (χ0n) is 16.2. The molecular formula is C21H18ClN4O3S+. The van der Waals surface area contributed by atoms with E-state index in [0.29, 0.717) is 37.8 Å². The summed E-state index contributed by atoms with van der Waals surface area (Å²) in [6.07, 6.45) is 0. The highest BCUT2D eigenvalue weighted by Gasteiger charge is 2.46. The Bertz CT molecular complexity index is 1250. The highest BCUT2D eigenvalue weighted by Crippen LogP contribution is 2.50. The number of amides is 1. The molecule has 2 atom stereocenters. The Morgan fingerprint density at radius 3 is 2.83 bits per heavy atom. The number of nitrogen functional groups attached to an aromatic ring is 1. The Labute approximate surface area is 181 Å². The highest BCUT2D eigenvalue weighted by atomic mass is 35.5. The molecule has 7 nitrogen and oxygen atoms in total. The van der Waals surface area contributed by atoms with Crippen LogP contribution in [-0.4, -0.2) is 18.5 Å². The molecule has 0 saturated heterocycles. The molecule has 0 aliphatic carbocycles. The summed E-state index contributed by atoms with van der Waals surface area (Å²) in [5.41, 5.74) is 9.18. The molecule has 0 spiro atoms. The molecule has 3 heterocycles. The number of carbonyl (C=O) groups is 2. The first-order chi connectivity index (χ1) is 14.4. The minimum Gasteiger partial charge on any atom is -0.465 e. The van der Waals surface area contributed by atoms with Crippen molar-refractivity contribution in [3.63, 3.8) is 0 Å². The average molecular weight is 442 g/mol. The van der Waals surface area contributed by atoms with Gasteiger partial charge in [0.2, 0.25) is 5.91 Å². The van der Waals surface area contributed by atoms with E-state index in [9.17, 15) is 14.9 Å². The van der Waals surface area contributed by atoms with Crippen molar-refractivity contribution in [1.29, 1.82) is 5.26 Å². The fraction of sp³-hybridized carbons (Fsp3) is 0.238. The predicted molar refractivity (Wildman–Crippen MR) is 114 cm³/mol. The number of esters is 1. The van der Waals surface area contributed by atoms with Crippen LogP contribution in [0.15, 0.2) is 24.3 Å². The zero-order chi connectivity index (χ0) is 21.6. The molecule has 0 saturated carbocycles. The SMILES string of the molecule is CCOC(=O)[C@H]1C(=O)Nc2sc3c(C)c(C#N)c(N)[nH+]c3c2[C@H]1c1ccccc1Cl. The van der Waals surface area contributed by atoms with Crippen LogP contribution in [0.5, 0.6) is 0 Å². The van der Waals surface area contributed by atoms with Gasteiger partial charge < -0.3 is 10.1 Å². The standard InChI is InChI=1S/C21H17ClN4O3S/c1-3-29-21(28)15-13(10-6-4-5-7-12(10)22)14-16-17(30-20(14)26-19(15)27)9(2)11(8-23)18(24)25-16/h4-7,13,15H,3H2,1-2H3,(H2,24,25)(H,26,27)/p+1/t13-,15-/m1/s1. The molecule has 4 N–H and O–H groups in total. The van der Waals surface area contributed by atoms with Crippen molar-refractivity contribution >= 4 is 55.8 Å². The van der Waals surface area contributed by atoms with E-state index in [1.807, 2.05) is 6.92 Å². The van der Waals surface area contributed by atoms with Crippen LogP contribution in [0.1, 0.15) is 35.1 Å². The van der Waals surface area contributed by atoms with Crippen LogP contribution in [0, 0.1) is 24.2 Å².